The Hall–Kier alpha value is -0.870. The zero-order valence-electron chi connectivity index (χ0n) is 5.78. The Labute approximate surface area is 63.9 Å². The number of aliphatic carboxylic acids is 1. The van der Waals surface area contributed by atoms with Crippen molar-refractivity contribution in [3.05, 3.63) is 22.9 Å². The molecule has 4 heteroatoms. The SMILES string of the molecule is CC(=O)O.N.c1ccsc1. The number of thiophene rings is 1. The molecule has 0 fully saturated rings. The monoisotopic (exact) mass is 161 g/mol. The van der Waals surface area contributed by atoms with Gasteiger partial charge in [-0.15, -0.1) is 0 Å². The lowest BCUT2D eigenvalue weighted by Gasteiger charge is -1.59. The average molecular weight is 161 g/mol. The average Bonchev–Trinajstić information content (AvgIpc) is 2.11. The third-order valence-corrected chi connectivity index (χ3v) is 1.05. The van der Waals surface area contributed by atoms with Gasteiger partial charge >= 0.3 is 0 Å². The van der Waals surface area contributed by atoms with Gasteiger partial charge in [-0.3, -0.25) is 4.79 Å². The van der Waals surface area contributed by atoms with Crippen LogP contribution in [0.25, 0.3) is 0 Å². The molecule has 0 aliphatic carbocycles. The molecule has 4 N–H and O–H groups in total. The highest BCUT2D eigenvalue weighted by atomic mass is 32.1. The topological polar surface area (TPSA) is 72.3 Å². The van der Waals surface area contributed by atoms with E-state index in [1.807, 2.05) is 22.9 Å². The van der Waals surface area contributed by atoms with Crippen LogP contribution in [0.1, 0.15) is 6.92 Å². The molecular weight excluding hydrogens is 150 g/mol. The second kappa shape index (κ2) is 8.13. The van der Waals surface area contributed by atoms with Crippen molar-refractivity contribution >= 4 is 17.3 Å². The molecule has 0 radical (unpaired) electrons. The Morgan fingerprint density at radius 2 is 1.70 bits per heavy atom. The molecule has 1 rings (SSSR count). The highest BCUT2D eigenvalue weighted by molar-refractivity contribution is 7.07. The molecule has 58 valence electrons. The highest BCUT2D eigenvalue weighted by Gasteiger charge is 1.65. The van der Waals surface area contributed by atoms with Crippen molar-refractivity contribution in [1.29, 1.82) is 0 Å². The van der Waals surface area contributed by atoms with Crippen LogP contribution in [0.4, 0.5) is 0 Å². The van der Waals surface area contributed by atoms with E-state index < -0.39 is 5.97 Å². The number of carbonyl (C=O) groups is 1. The Morgan fingerprint density at radius 1 is 1.40 bits per heavy atom. The predicted octanol–water partition coefficient (Wildman–Crippen LogP) is 2.00. The fraction of sp³-hybridized carbons (Fsp3) is 0.167. The van der Waals surface area contributed by atoms with Gasteiger partial charge < -0.3 is 11.3 Å². The Kier molecular flexibility index (Phi) is 9.65. The van der Waals surface area contributed by atoms with E-state index in [1.54, 1.807) is 11.3 Å². The number of hydrogen-bond donors (Lipinski definition) is 2. The van der Waals surface area contributed by atoms with Gasteiger partial charge in [0.15, 0.2) is 0 Å². The third-order valence-electron chi connectivity index (χ3n) is 0.425. The molecule has 0 aromatic carbocycles. The minimum absolute atomic E-state index is 0. The largest absolute Gasteiger partial charge is 0.481 e. The summed E-state index contributed by atoms with van der Waals surface area (Å²) in [5.74, 6) is -0.833. The zero-order chi connectivity index (χ0) is 7.11. The van der Waals surface area contributed by atoms with E-state index >= 15 is 0 Å². The zero-order valence-corrected chi connectivity index (χ0v) is 6.60. The maximum atomic E-state index is 9.00. The van der Waals surface area contributed by atoms with Crippen LogP contribution in [0.3, 0.4) is 0 Å². The molecule has 0 atom stereocenters. The van der Waals surface area contributed by atoms with Gasteiger partial charge in [0.25, 0.3) is 5.97 Å². The van der Waals surface area contributed by atoms with E-state index in [2.05, 4.69) is 0 Å². The maximum absolute atomic E-state index is 9.00. The van der Waals surface area contributed by atoms with Crippen LogP contribution in [-0.2, 0) is 4.79 Å². The van der Waals surface area contributed by atoms with Crippen LogP contribution in [0.2, 0.25) is 0 Å². The number of rotatable bonds is 0. The van der Waals surface area contributed by atoms with Gasteiger partial charge in [0.1, 0.15) is 0 Å². The first-order valence-corrected chi connectivity index (χ1v) is 3.34. The fourth-order valence-corrected chi connectivity index (χ4v) is 0.680. The van der Waals surface area contributed by atoms with Crippen molar-refractivity contribution in [2.75, 3.05) is 0 Å². The van der Waals surface area contributed by atoms with Gasteiger partial charge in [-0.2, -0.15) is 11.3 Å². The Morgan fingerprint density at radius 3 is 1.80 bits per heavy atom. The van der Waals surface area contributed by atoms with Gasteiger partial charge in [-0.25, -0.2) is 0 Å². The van der Waals surface area contributed by atoms with Gasteiger partial charge in [0.2, 0.25) is 0 Å². The van der Waals surface area contributed by atoms with Crippen LogP contribution in [-0.4, -0.2) is 11.1 Å². The lowest BCUT2D eigenvalue weighted by Crippen LogP contribution is -1.78. The van der Waals surface area contributed by atoms with Crippen molar-refractivity contribution in [2.24, 2.45) is 0 Å². The summed E-state index contributed by atoms with van der Waals surface area (Å²) < 4.78 is 0. The lowest BCUT2D eigenvalue weighted by atomic mass is 10.7. The molecule has 0 aliphatic rings. The van der Waals surface area contributed by atoms with E-state index in [4.69, 9.17) is 9.90 Å². The van der Waals surface area contributed by atoms with Crippen molar-refractivity contribution in [3.63, 3.8) is 0 Å². The molecule has 0 amide bonds. The van der Waals surface area contributed by atoms with Crippen molar-refractivity contribution in [2.45, 2.75) is 6.92 Å². The van der Waals surface area contributed by atoms with E-state index in [0.717, 1.165) is 6.92 Å². The third kappa shape index (κ3) is 15.7. The number of carboxylic acids is 1. The summed E-state index contributed by atoms with van der Waals surface area (Å²) in [6, 6.07) is 4.04. The number of carboxylic acid groups (broad SMARTS) is 1. The maximum Gasteiger partial charge on any atom is 0.300 e. The summed E-state index contributed by atoms with van der Waals surface area (Å²) in [6.07, 6.45) is 0. The summed E-state index contributed by atoms with van der Waals surface area (Å²) in [7, 11) is 0. The summed E-state index contributed by atoms with van der Waals surface area (Å²) in [6.45, 7) is 1.08. The molecule has 0 saturated heterocycles. The van der Waals surface area contributed by atoms with Crippen LogP contribution in [0.15, 0.2) is 22.9 Å². The first-order valence-electron chi connectivity index (χ1n) is 2.40. The van der Waals surface area contributed by atoms with Crippen molar-refractivity contribution in [3.8, 4) is 0 Å². The lowest BCUT2D eigenvalue weighted by molar-refractivity contribution is -0.134. The van der Waals surface area contributed by atoms with Crippen LogP contribution < -0.4 is 6.15 Å². The van der Waals surface area contributed by atoms with Crippen molar-refractivity contribution < 1.29 is 9.90 Å². The highest BCUT2D eigenvalue weighted by Crippen LogP contribution is 1.91. The van der Waals surface area contributed by atoms with E-state index in [-0.39, 0.29) is 6.15 Å². The molecule has 0 saturated carbocycles. The minimum Gasteiger partial charge on any atom is -0.481 e. The van der Waals surface area contributed by atoms with Crippen LogP contribution >= 0.6 is 11.3 Å². The second-order valence-corrected chi connectivity index (χ2v) is 2.13. The quantitative estimate of drug-likeness (QED) is 0.611. The van der Waals surface area contributed by atoms with E-state index in [0.29, 0.717) is 0 Å². The minimum atomic E-state index is -0.833. The molecule has 0 unspecified atom stereocenters. The van der Waals surface area contributed by atoms with Gasteiger partial charge in [0.05, 0.1) is 0 Å². The Bertz CT molecular complexity index is 130. The fourth-order valence-electron chi connectivity index (χ4n) is 0.227. The molecule has 3 nitrogen and oxygen atoms in total. The molecule has 0 bridgehead atoms. The molecule has 10 heavy (non-hydrogen) atoms. The summed E-state index contributed by atoms with van der Waals surface area (Å²) in [4.78, 5) is 9.00. The van der Waals surface area contributed by atoms with Crippen LogP contribution in [0.5, 0.6) is 0 Å². The summed E-state index contributed by atoms with van der Waals surface area (Å²) >= 11 is 1.71. The second-order valence-electron chi connectivity index (χ2n) is 1.31. The van der Waals surface area contributed by atoms with E-state index in [9.17, 15) is 0 Å². The van der Waals surface area contributed by atoms with Gasteiger partial charge in [0, 0.05) is 6.92 Å². The predicted molar refractivity (Wildman–Crippen MR) is 42.7 cm³/mol. The summed E-state index contributed by atoms with van der Waals surface area (Å²) in [5.41, 5.74) is 0. The Balaban J connectivity index is 0. The first kappa shape index (κ1) is 11.9. The van der Waals surface area contributed by atoms with E-state index in [1.165, 1.54) is 0 Å². The van der Waals surface area contributed by atoms with Gasteiger partial charge in [-0.05, 0) is 10.8 Å². The first-order chi connectivity index (χ1) is 4.23. The molecule has 1 heterocycles. The smallest absolute Gasteiger partial charge is 0.300 e. The normalized spacial score (nSPS) is 6.50. The molecular formula is C6H11NO2S. The molecule has 0 spiro atoms. The molecule has 1 aromatic rings. The van der Waals surface area contributed by atoms with Crippen molar-refractivity contribution in [1.82, 2.24) is 6.15 Å². The standard InChI is InChI=1S/C4H4S.C2H4O2.H3N/c1-2-4-5-3-1;1-2(3)4;/h1-4H;1H3,(H,3,4);1H3. The molecule has 1 aromatic heterocycles. The summed E-state index contributed by atoms with van der Waals surface area (Å²) in [5, 5.41) is 11.5. The van der Waals surface area contributed by atoms with Crippen LogP contribution in [0, 0.1) is 0 Å². The number of hydrogen-bond acceptors (Lipinski definition) is 3. The molecule has 0 aliphatic heterocycles. The van der Waals surface area contributed by atoms with Gasteiger partial charge in [-0.1, -0.05) is 12.1 Å².